The molecule has 2 nitrogen and oxygen atoms in total. The molecule has 0 radical (unpaired) electrons. The molecule has 0 amide bonds. The lowest BCUT2D eigenvalue weighted by Crippen LogP contribution is -2.63. The predicted octanol–water partition coefficient (Wildman–Crippen LogP) is 3.75. The lowest BCUT2D eigenvalue weighted by atomic mass is 9.57. The summed E-state index contributed by atoms with van der Waals surface area (Å²) >= 11 is 0. The molecule has 2 aliphatic rings. The van der Waals surface area contributed by atoms with E-state index in [4.69, 9.17) is 4.74 Å². The van der Waals surface area contributed by atoms with Gasteiger partial charge < -0.3 is 10.1 Å². The van der Waals surface area contributed by atoms with Crippen molar-refractivity contribution in [2.24, 2.45) is 11.3 Å². The zero-order valence-corrected chi connectivity index (χ0v) is 12.7. The highest BCUT2D eigenvalue weighted by molar-refractivity contribution is 5.08. The normalized spacial score (nSPS) is 33.2. The first-order chi connectivity index (χ1) is 8.60. The van der Waals surface area contributed by atoms with Crippen LogP contribution in [0, 0.1) is 11.3 Å². The first-order valence-corrected chi connectivity index (χ1v) is 7.93. The summed E-state index contributed by atoms with van der Waals surface area (Å²) in [4.78, 5) is 0. The molecule has 0 aromatic rings. The van der Waals surface area contributed by atoms with Crippen molar-refractivity contribution in [2.75, 3.05) is 7.05 Å². The Kier molecular flexibility index (Phi) is 4.71. The van der Waals surface area contributed by atoms with Crippen LogP contribution in [-0.4, -0.2) is 25.3 Å². The van der Waals surface area contributed by atoms with Crippen molar-refractivity contribution in [3.63, 3.8) is 0 Å². The molecule has 106 valence electrons. The summed E-state index contributed by atoms with van der Waals surface area (Å²) in [6.07, 6.45) is 10.5. The fourth-order valence-electron chi connectivity index (χ4n) is 3.82. The smallest absolute Gasteiger partial charge is 0.0665 e. The topological polar surface area (TPSA) is 21.3 Å². The fraction of sp³-hybridized carbons (Fsp3) is 1.00. The minimum Gasteiger partial charge on any atom is -0.374 e. The Labute approximate surface area is 113 Å². The number of ether oxygens (including phenoxy) is 1. The maximum atomic E-state index is 6.39. The van der Waals surface area contributed by atoms with Crippen molar-refractivity contribution >= 4 is 0 Å². The first kappa shape index (κ1) is 14.3. The predicted molar refractivity (Wildman–Crippen MR) is 76.8 cm³/mol. The van der Waals surface area contributed by atoms with E-state index in [1.54, 1.807) is 0 Å². The van der Waals surface area contributed by atoms with E-state index in [0.29, 0.717) is 29.6 Å². The number of rotatable bonds is 4. The van der Waals surface area contributed by atoms with Gasteiger partial charge in [-0.3, -0.25) is 0 Å². The Hall–Kier alpha value is -0.0800. The van der Waals surface area contributed by atoms with E-state index in [0.717, 1.165) is 0 Å². The summed E-state index contributed by atoms with van der Waals surface area (Å²) in [5.74, 6) is 0.626. The Morgan fingerprint density at radius 1 is 1.06 bits per heavy atom. The Balaban J connectivity index is 2.02. The molecule has 2 aliphatic carbocycles. The van der Waals surface area contributed by atoms with E-state index in [1.807, 2.05) is 0 Å². The maximum Gasteiger partial charge on any atom is 0.0665 e. The molecule has 2 rings (SSSR count). The summed E-state index contributed by atoms with van der Waals surface area (Å²) in [7, 11) is 2.12. The van der Waals surface area contributed by atoms with Crippen molar-refractivity contribution in [1.82, 2.24) is 5.32 Å². The van der Waals surface area contributed by atoms with Crippen LogP contribution in [0.5, 0.6) is 0 Å². The van der Waals surface area contributed by atoms with E-state index in [2.05, 4.69) is 33.1 Å². The molecule has 0 saturated heterocycles. The van der Waals surface area contributed by atoms with Gasteiger partial charge in [0.2, 0.25) is 0 Å². The molecule has 3 atom stereocenters. The molecule has 3 unspecified atom stereocenters. The molecule has 1 spiro atoms. The van der Waals surface area contributed by atoms with Crippen molar-refractivity contribution < 1.29 is 4.74 Å². The van der Waals surface area contributed by atoms with Gasteiger partial charge in [-0.05, 0) is 39.2 Å². The van der Waals surface area contributed by atoms with Gasteiger partial charge in [-0.2, -0.15) is 0 Å². The van der Waals surface area contributed by atoms with Gasteiger partial charge >= 0.3 is 0 Å². The van der Waals surface area contributed by atoms with Crippen LogP contribution in [-0.2, 0) is 4.74 Å². The molecule has 0 aromatic heterocycles. The second-order valence-corrected chi connectivity index (χ2v) is 6.80. The molecule has 0 aromatic carbocycles. The maximum absolute atomic E-state index is 6.39. The minimum absolute atomic E-state index is 0.396. The van der Waals surface area contributed by atoms with Crippen molar-refractivity contribution in [3.05, 3.63) is 0 Å². The van der Waals surface area contributed by atoms with Crippen LogP contribution in [0.25, 0.3) is 0 Å². The van der Waals surface area contributed by atoms with Crippen LogP contribution < -0.4 is 5.32 Å². The number of hydrogen-bond donors (Lipinski definition) is 1. The van der Waals surface area contributed by atoms with Crippen LogP contribution in [0.2, 0.25) is 0 Å². The van der Waals surface area contributed by atoms with Crippen LogP contribution in [0.3, 0.4) is 0 Å². The summed E-state index contributed by atoms with van der Waals surface area (Å²) < 4.78 is 6.39. The van der Waals surface area contributed by atoms with E-state index >= 15 is 0 Å². The van der Waals surface area contributed by atoms with Crippen LogP contribution in [0.4, 0.5) is 0 Å². The summed E-state index contributed by atoms with van der Waals surface area (Å²) in [6.45, 7) is 6.76. The Morgan fingerprint density at radius 2 is 1.67 bits per heavy atom. The van der Waals surface area contributed by atoms with Crippen molar-refractivity contribution in [2.45, 2.75) is 84.0 Å². The fourth-order valence-corrected chi connectivity index (χ4v) is 3.82. The Bertz CT molecular complexity index is 256. The largest absolute Gasteiger partial charge is 0.374 e. The molecule has 0 heterocycles. The summed E-state index contributed by atoms with van der Waals surface area (Å²) in [5.41, 5.74) is 0.453. The zero-order chi connectivity index (χ0) is 13.2. The molecule has 18 heavy (non-hydrogen) atoms. The van der Waals surface area contributed by atoms with Crippen molar-refractivity contribution in [1.29, 1.82) is 0 Å². The Morgan fingerprint density at radius 3 is 2.17 bits per heavy atom. The standard InChI is InChI=1S/C16H31NO/c1-12(2)13(3)18-15-11-14(17-4)16(15)9-7-5-6-8-10-16/h12-15,17H,5-11H2,1-4H3. The number of hydrogen-bond acceptors (Lipinski definition) is 2. The van der Waals surface area contributed by atoms with Gasteiger partial charge in [0.1, 0.15) is 0 Å². The van der Waals surface area contributed by atoms with Crippen LogP contribution in [0.15, 0.2) is 0 Å². The molecule has 0 aliphatic heterocycles. The van der Waals surface area contributed by atoms with E-state index in [-0.39, 0.29) is 0 Å². The van der Waals surface area contributed by atoms with Gasteiger partial charge in [-0.25, -0.2) is 0 Å². The molecular formula is C16H31NO. The van der Waals surface area contributed by atoms with Gasteiger partial charge in [0.25, 0.3) is 0 Å². The zero-order valence-electron chi connectivity index (χ0n) is 12.7. The third kappa shape index (κ3) is 2.60. The average molecular weight is 253 g/mol. The molecule has 2 fully saturated rings. The van der Waals surface area contributed by atoms with E-state index < -0.39 is 0 Å². The first-order valence-electron chi connectivity index (χ1n) is 7.93. The van der Waals surface area contributed by atoms with Gasteiger partial charge in [0, 0.05) is 11.5 Å². The highest BCUT2D eigenvalue weighted by Crippen LogP contribution is 2.52. The second kappa shape index (κ2) is 5.92. The molecule has 2 heteroatoms. The highest BCUT2D eigenvalue weighted by atomic mass is 16.5. The van der Waals surface area contributed by atoms with Crippen molar-refractivity contribution in [3.8, 4) is 0 Å². The van der Waals surface area contributed by atoms with Gasteiger partial charge in [-0.1, -0.05) is 39.5 Å². The third-order valence-corrected chi connectivity index (χ3v) is 5.49. The lowest BCUT2D eigenvalue weighted by Gasteiger charge is -2.56. The lowest BCUT2D eigenvalue weighted by molar-refractivity contribution is -0.172. The molecule has 1 N–H and O–H groups in total. The third-order valence-electron chi connectivity index (χ3n) is 5.49. The second-order valence-electron chi connectivity index (χ2n) is 6.80. The van der Waals surface area contributed by atoms with Gasteiger partial charge in [-0.15, -0.1) is 0 Å². The van der Waals surface area contributed by atoms with Gasteiger partial charge in [0.05, 0.1) is 12.2 Å². The highest BCUT2D eigenvalue weighted by Gasteiger charge is 2.54. The number of nitrogens with one attached hydrogen (secondary N) is 1. The van der Waals surface area contributed by atoms with Crippen LogP contribution >= 0.6 is 0 Å². The van der Waals surface area contributed by atoms with E-state index in [1.165, 1.54) is 44.9 Å². The SMILES string of the molecule is CNC1CC(OC(C)C(C)C)C12CCCCCC2. The molecule has 0 bridgehead atoms. The summed E-state index contributed by atoms with van der Waals surface area (Å²) in [5, 5.41) is 3.54. The quantitative estimate of drug-likeness (QED) is 0.824. The van der Waals surface area contributed by atoms with E-state index in [9.17, 15) is 0 Å². The average Bonchev–Trinajstić information content (AvgIpc) is 2.60. The van der Waals surface area contributed by atoms with Gasteiger partial charge in [0.15, 0.2) is 0 Å². The minimum atomic E-state index is 0.396. The summed E-state index contributed by atoms with van der Waals surface area (Å²) in [6, 6.07) is 0.694. The monoisotopic (exact) mass is 253 g/mol. The molecule has 2 saturated carbocycles. The molecular weight excluding hydrogens is 222 g/mol. The van der Waals surface area contributed by atoms with Crippen LogP contribution in [0.1, 0.15) is 65.7 Å².